The third kappa shape index (κ3) is 2.97. The number of ether oxygens (including phenoxy) is 1. The molecule has 4 rings (SSSR count). The molecule has 6 nitrogen and oxygen atoms in total. The Morgan fingerprint density at radius 1 is 1.04 bits per heavy atom. The van der Waals surface area contributed by atoms with Crippen molar-refractivity contribution in [1.29, 1.82) is 0 Å². The minimum Gasteiger partial charge on any atom is -0.423 e. The van der Waals surface area contributed by atoms with Gasteiger partial charge in [0.1, 0.15) is 11.8 Å². The lowest BCUT2D eigenvalue weighted by molar-refractivity contribution is -0.384. The van der Waals surface area contributed by atoms with Gasteiger partial charge < -0.3 is 9.30 Å². The maximum Gasteiger partial charge on any atom is 0.334 e. The van der Waals surface area contributed by atoms with Crippen molar-refractivity contribution in [2.24, 2.45) is 0 Å². The fourth-order valence-electron chi connectivity index (χ4n) is 3.35. The molecule has 28 heavy (non-hydrogen) atoms. The van der Waals surface area contributed by atoms with Crippen LogP contribution in [0.5, 0.6) is 5.75 Å². The average molecular weight is 395 g/mol. The van der Waals surface area contributed by atoms with E-state index in [-0.39, 0.29) is 11.4 Å². The highest BCUT2D eigenvalue weighted by Crippen LogP contribution is 2.34. The van der Waals surface area contributed by atoms with Crippen molar-refractivity contribution in [1.82, 2.24) is 4.57 Å². The number of hydrogen-bond acceptors (Lipinski definition) is 4. The van der Waals surface area contributed by atoms with Crippen LogP contribution in [0.25, 0.3) is 21.8 Å². The van der Waals surface area contributed by atoms with E-state index in [2.05, 4.69) is 0 Å². The molecule has 0 aliphatic rings. The number of nitrogens with zero attached hydrogens (tertiary/aromatic N) is 2. The number of halogens is 1. The Labute approximate surface area is 165 Å². The van der Waals surface area contributed by atoms with E-state index in [1.54, 1.807) is 37.3 Å². The molecule has 1 aromatic heterocycles. The molecule has 0 aliphatic heterocycles. The largest absolute Gasteiger partial charge is 0.423 e. The van der Waals surface area contributed by atoms with Gasteiger partial charge in [-0.3, -0.25) is 10.1 Å². The average Bonchev–Trinajstić information content (AvgIpc) is 3.02. The van der Waals surface area contributed by atoms with Gasteiger partial charge in [-0.25, -0.2) is 4.79 Å². The molecule has 1 unspecified atom stereocenters. The van der Waals surface area contributed by atoms with E-state index in [1.807, 2.05) is 28.8 Å². The molecule has 7 heteroatoms. The van der Waals surface area contributed by atoms with E-state index in [0.29, 0.717) is 10.4 Å². The fraction of sp³-hybridized carbons (Fsp3) is 0.0952. The van der Waals surface area contributed by atoms with Crippen LogP contribution in [0.15, 0.2) is 66.7 Å². The molecule has 0 saturated heterocycles. The summed E-state index contributed by atoms with van der Waals surface area (Å²) >= 11 is 6.09. The number of nitro benzene ring substituents is 1. The van der Waals surface area contributed by atoms with Crippen LogP contribution in [-0.2, 0) is 4.79 Å². The molecule has 4 aromatic rings. The predicted molar refractivity (Wildman–Crippen MR) is 108 cm³/mol. The molecule has 140 valence electrons. The first-order valence-electron chi connectivity index (χ1n) is 8.60. The number of rotatable bonds is 4. The smallest absolute Gasteiger partial charge is 0.334 e. The number of aromatic nitrogens is 1. The van der Waals surface area contributed by atoms with E-state index in [4.69, 9.17) is 16.3 Å². The number of fused-ring (bicyclic) bond motifs is 3. The number of esters is 1. The van der Waals surface area contributed by atoms with E-state index < -0.39 is 16.9 Å². The highest BCUT2D eigenvalue weighted by Gasteiger charge is 2.24. The summed E-state index contributed by atoms with van der Waals surface area (Å²) < 4.78 is 7.32. The van der Waals surface area contributed by atoms with Crippen LogP contribution >= 0.6 is 11.6 Å². The Morgan fingerprint density at radius 2 is 1.71 bits per heavy atom. The van der Waals surface area contributed by atoms with Crippen molar-refractivity contribution in [2.75, 3.05) is 0 Å². The highest BCUT2D eigenvalue weighted by molar-refractivity contribution is 6.32. The van der Waals surface area contributed by atoms with Crippen LogP contribution in [0.4, 0.5) is 5.69 Å². The molecule has 0 amide bonds. The van der Waals surface area contributed by atoms with Gasteiger partial charge in [-0.1, -0.05) is 41.9 Å². The number of non-ortho nitro benzene ring substituents is 1. The summed E-state index contributed by atoms with van der Waals surface area (Å²) in [6, 6.07) is 18.2. The lowest BCUT2D eigenvalue weighted by Crippen LogP contribution is -2.21. The first-order valence-corrected chi connectivity index (χ1v) is 8.98. The maximum absolute atomic E-state index is 12.8. The fourth-order valence-corrected chi connectivity index (χ4v) is 3.52. The Morgan fingerprint density at radius 3 is 2.46 bits per heavy atom. The van der Waals surface area contributed by atoms with Gasteiger partial charge in [-0.05, 0) is 31.2 Å². The zero-order valence-electron chi connectivity index (χ0n) is 14.8. The molecule has 3 aromatic carbocycles. The van der Waals surface area contributed by atoms with Crippen molar-refractivity contribution < 1.29 is 14.5 Å². The topological polar surface area (TPSA) is 74.4 Å². The monoisotopic (exact) mass is 394 g/mol. The molecule has 1 atom stereocenters. The van der Waals surface area contributed by atoms with E-state index in [0.717, 1.165) is 16.4 Å². The predicted octanol–water partition coefficient (Wildman–Crippen LogP) is 5.52. The molecule has 0 fully saturated rings. The second kappa shape index (κ2) is 6.98. The van der Waals surface area contributed by atoms with Gasteiger partial charge in [-0.15, -0.1) is 0 Å². The number of para-hydroxylation sites is 2. The molecule has 0 N–H and O–H groups in total. The van der Waals surface area contributed by atoms with Crippen molar-refractivity contribution in [3.63, 3.8) is 0 Å². The van der Waals surface area contributed by atoms with Crippen LogP contribution in [0.1, 0.15) is 13.0 Å². The number of hydrogen-bond donors (Lipinski definition) is 0. The summed E-state index contributed by atoms with van der Waals surface area (Å²) in [6.07, 6.45) is 0. The van der Waals surface area contributed by atoms with Crippen LogP contribution in [0.2, 0.25) is 5.02 Å². The van der Waals surface area contributed by atoms with Gasteiger partial charge in [0.05, 0.1) is 15.5 Å². The van der Waals surface area contributed by atoms with Gasteiger partial charge in [0.2, 0.25) is 0 Å². The molecular weight excluding hydrogens is 380 g/mol. The molecule has 0 bridgehead atoms. The third-order valence-corrected chi connectivity index (χ3v) is 4.99. The van der Waals surface area contributed by atoms with Gasteiger partial charge in [0, 0.05) is 28.4 Å². The summed E-state index contributed by atoms with van der Waals surface area (Å²) in [4.78, 5) is 23.6. The SMILES string of the molecule is CC(C(=O)Oc1ccccc1Cl)n1c2ccccc2c2cc([N+](=O)[O-])ccc21. The number of nitro groups is 1. The normalized spacial score (nSPS) is 12.2. The van der Waals surface area contributed by atoms with Crippen LogP contribution < -0.4 is 4.74 Å². The Balaban J connectivity index is 1.83. The van der Waals surface area contributed by atoms with E-state index >= 15 is 0 Å². The third-order valence-electron chi connectivity index (χ3n) is 4.68. The zero-order valence-corrected chi connectivity index (χ0v) is 15.6. The maximum atomic E-state index is 12.8. The number of carbonyl (C=O) groups excluding carboxylic acids is 1. The number of carbonyl (C=O) groups is 1. The van der Waals surface area contributed by atoms with Crippen LogP contribution in [0.3, 0.4) is 0 Å². The van der Waals surface area contributed by atoms with Gasteiger partial charge in [-0.2, -0.15) is 0 Å². The molecule has 0 radical (unpaired) electrons. The molecular formula is C21H15ClN2O4. The number of benzene rings is 3. The minimum absolute atomic E-state index is 0.00157. The first-order chi connectivity index (χ1) is 13.5. The second-order valence-corrected chi connectivity index (χ2v) is 6.78. The van der Waals surface area contributed by atoms with Gasteiger partial charge in [0.25, 0.3) is 5.69 Å². The minimum atomic E-state index is -0.667. The van der Waals surface area contributed by atoms with Crippen LogP contribution in [-0.4, -0.2) is 15.5 Å². The van der Waals surface area contributed by atoms with Gasteiger partial charge in [0.15, 0.2) is 0 Å². The van der Waals surface area contributed by atoms with Crippen molar-refractivity contribution in [3.05, 3.63) is 81.9 Å². The Kier molecular flexibility index (Phi) is 4.49. The van der Waals surface area contributed by atoms with Gasteiger partial charge >= 0.3 is 5.97 Å². The standard InChI is InChI=1S/C21H15ClN2O4/c1-13(21(25)28-20-9-5-3-7-17(20)22)23-18-8-4-2-6-15(18)16-12-14(24(26)27)10-11-19(16)23/h2-13H,1H3. The summed E-state index contributed by atoms with van der Waals surface area (Å²) in [6.45, 7) is 1.73. The van der Waals surface area contributed by atoms with Crippen molar-refractivity contribution >= 4 is 45.1 Å². The molecule has 0 aliphatic carbocycles. The lowest BCUT2D eigenvalue weighted by atomic mass is 10.1. The first kappa shape index (κ1) is 18.0. The van der Waals surface area contributed by atoms with Crippen molar-refractivity contribution in [3.8, 4) is 5.75 Å². The molecule has 0 saturated carbocycles. The Bertz CT molecular complexity index is 1230. The summed E-state index contributed by atoms with van der Waals surface area (Å²) in [5.41, 5.74) is 1.51. The summed E-state index contributed by atoms with van der Waals surface area (Å²) in [7, 11) is 0. The van der Waals surface area contributed by atoms with E-state index in [9.17, 15) is 14.9 Å². The zero-order chi connectivity index (χ0) is 19.8. The lowest BCUT2D eigenvalue weighted by Gasteiger charge is -2.16. The molecule has 1 heterocycles. The summed E-state index contributed by atoms with van der Waals surface area (Å²) in [5.74, 6) is -0.188. The van der Waals surface area contributed by atoms with E-state index in [1.165, 1.54) is 12.1 Å². The Hall–Kier alpha value is -3.38. The van der Waals surface area contributed by atoms with Crippen LogP contribution in [0, 0.1) is 10.1 Å². The molecule has 0 spiro atoms. The second-order valence-electron chi connectivity index (χ2n) is 6.37. The highest BCUT2D eigenvalue weighted by atomic mass is 35.5. The summed E-state index contributed by atoms with van der Waals surface area (Å²) in [5, 5.41) is 13.1. The quantitative estimate of drug-likeness (QED) is 0.197. The van der Waals surface area contributed by atoms with Crippen molar-refractivity contribution in [2.45, 2.75) is 13.0 Å².